The molecule has 2 N–H and O–H groups in total. The predicted octanol–water partition coefficient (Wildman–Crippen LogP) is 1.84. The largest absolute Gasteiger partial charge is 0.497 e. The molecule has 108 valence electrons. The first-order chi connectivity index (χ1) is 9.74. The van der Waals surface area contributed by atoms with Gasteiger partial charge in [-0.25, -0.2) is 0 Å². The average molecular weight is 274 g/mol. The van der Waals surface area contributed by atoms with Gasteiger partial charge in [0.15, 0.2) is 0 Å². The highest BCUT2D eigenvalue weighted by Crippen LogP contribution is 2.35. The molecule has 0 spiro atoms. The van der Waals surface area contributed by atoms with Crippen LogP contribution in [0.15, 0.2) is 24.3 Å². The summed E-state index contributed by atoms with van der Waals surface area (Å²) in [5.74, 6) is 1.89. The lowest BCUT2D eigenvalue weighted by Gasteiger charge is -2.20. The molecular formula is C16H22N2O2. The van der Waals surface area contributed by atoms with Crippen molar-refractivity contribution in [1.82, 2.24) is 10.6 Å². The fraction of sp³-hybridized carbons (Fsp3) is 0.562. The lowest BCUT2D eigenvalue weighted by atomic mass is 10.0. The number of amides is 1. The van der Waals surface area contributed by atoms with Crippen molar-refractivity contribution in [3.05, 3.63) is 29.8 Å². The second kappa shape index (κ2) is 5.83. The number of rotatable bonds is 6. The molecule has 0 bridgehead atoms. The monoisotopic (exact) mass is 274 g/mol. The van der Waals surface area contributed by atoms with Crippen LogP contribution in [0.5, 0.6) is 5.75 Å². The van der Waals surface area contributed by atoms with E-state index in [1.165, 1.54) is 18.4 Å². The highest BCUT2D eigenvalue weighted by atomic mass is 16.5. The van der Waals surface area contributed by atoms with E-state index in [9.17, 15) is 4.79 Å². The maximum Gasteiger partial charge on any atom is 0.221 e. The molecule has 1 heterocycles. The second-order valence-electron chi connectivity index (χ2n) is 5.89. The molecule has 1 aromatic rings. The summed E-state index contributed by atoms with van der Waals surface area (Å²) in [5, 5.41) is 6.63. The summed E-state index contributed by atoms with van der Waals surface area (Å²) < 4.78 is 5.15. The molecule has 4 heteroatoms. The Hall–Kier alpha value is -1.55. The highest BCUT2D eigenvalue weighted by Gasteiger charge is 2.36. The van der Waals surface area contributed by atoms with Gasteiger partial charge in [-0.1, -0.05) is 25.0 Å². The van der Waals surface area contributed by atoms with Crippen LogP contribution in [-0.2, 0) is 11.3 Å². The summed E-state index contributed by atoms with van der Waals surface area (Å²) in [5.41, 5.74) is 1.22. The standard InChI is InChI=1S/C16H22N2O2/c1-20-13-6-4-12(5-7-13)10-17-14-9-16(19)18-15(14)8-11-2-3-11/h4-7,11,14-15,17H,2-3,8-10H2,1H3,(H,18,19)/t14-,15-/m1/s1. The predicted molar refractivity (Wildman–Crippen MR) is 77.5 cm³/mol. The molecule has 1 aliphatic heterocycles. The molecule has 0 unspecified atom stereocenters. The maximum atomic E-state index is 11.6. The molecule has 3 rings (SSSR count). The van der Waals surface area contributed by atoms with Crippen LogP contribution in [0.3, 0.4) is 0 Å². The third kappa shape index (κ3) is 3.31. The third-order valence-electron chi connectivity index (χ3n) is 4.25. The van der Waals surface area contributed by atoms with Gasteiger partial charge in [-0.15, -0.1) is 0 Å². The van der Waals surface area contributed by atoms with E-state index in [4.69, 9.17) is 4.74 Å². The minimum atomic E-state index is 0.183. The number of methoxy groups -OCH3 is 1. The van der Waals surface area contributed by atoms with Crippen LogP contribution in [-0.4, -0.2) is 25.1 Å². The molecule has 20 heavy (non-hydrogen) atoms. The number of carbonyl (C=O) groups excluding carboxylic acids is 1. The van der Waals surface area contributed by atoms with Crippen molar-refractivity contribution >= 4 is 5.91 Å². The van der Waals surface area contributed by atoms with Gasteiger partial charge in [0.25, 0.3) is 0 Å². The Labute approximate surface area is 119 Å². The zero-order chi connectivity index (χ0) is 13.9. The first-order valence-corrected chi connectivity index (χ1v) is 7.40. The zero-order valence-corrected chi connectivity index (χ0v) is 11.9. The normalized spacial score (nSPS) is 25.6. The van der Waals surface area contributed by atoms with Gasteiger partial charge in [0.2, 0.25) is 5.91 Å². The van der Waals surface area contributed by atoms with Crippen LogP contribution in [0.2, 0.25) is 0 Å². The van der Waals surface area contributed by atoms with Crippen molar-refractivity contribution in [2.75, 3.05) is 7.11 Å². The molecule has 0 aromatic heterocycles. The van der Waals surface area contributed by atoms with Gasteiger partial charge < -0.3 is 15.4 Å². The quantitative estimate of drug-likeness (QED) is 0.832. The van der Waals surface area contributed by atoms with Gasteiger partial charge in [-0.05, 0) is 30.0 Å². The molecule has 2 aliphatic rings. The molecule has 1 saturated carbocycles. The first-order valence-electron chi connectivity index (χ1n) is 7.40. The molecule has 2 fully saturated rings. The topological polar surface area (TPSA) is 50.4 Å². The average Bonchev–Trinajstić information content (AvgIpc) is 3.20. The summed E-state index contributed by atoms with van der Waals surface area (Å²) in [7, 11) is 1.67. The number of nitrogens with one attached hydrogen (secondary N) is 2. The van der Waals surface area contributed by atoms with E-state index in [2.05, 4.69) is 22.8 Å². The molecule has 1 aromatic carbocycles. The molecule has 0 radical (unpaired) electrons. The smallest absolute Gasteiger partial charge is 0.221 e. The van der Waals surface area contributed by atoms with Crippen LogP contribution >= 0.6 is 0 Å². The van der Waals surface area contributed by atoms with Gasteiger partial charge in [-0.2, -0.15) is 0 Å². The van der Waals surface area contributed by atoms with Crippen LogP contribution in [0.25, 0.3) is 0 Å². The number of ether oxygens (including phenoxy) is 1. The van der Waals surface area contributed by atoms with E-state index in [1.807, 2.05) is 12.1 Å². The molecular weight excluding hydrogens is 252 g/mol. The van der Waals surface area contributed by atoms with E-state index >= 15 is 0 Å². The number of hydrogen-bond acceptors (Lipinski definition) is 3. The number of hydrogen-bond donors (Lipinski definition) is 2. The Balaban J connectivity index is 1.53. The summed E-state index contributed by atoms with van der Waals surface area (Å²) in [6, 6.07) is 8.64. The maximum absolute atomic E-state index is 11.6. The Bertz CT molecular complexity index is 468. The van der Waals surface area contributed by atoms with Gasteiger partial charge in [0.05, 0.1) is 7.11 Å². The van der Waals surface area contributed by atoms with Crippen LogP contribution in [0, 0.1) is 5.92 Å². The number of benzene rings is 1. The third-order valence-corrected chi connectivity index (χ3v) is 4.25. The lowest BCUT2D eigenvalue weighted by molar-refractivity contribution is -0.119. The Morgan fingerprint density at radius 2 is 2.05 bits per heavy atom. The Morgan fingerprint density at radius 3 is 2.70 bits per heavy atom. The van der Waals surface area contributed by atoms with Crippen molar-refractivity contribution in [1.29, 1.82) is 0 Å². The van der Waals surface area contributed by atoms with E-state index < -0.39 is 0 Å². The van der Waals surface area contributed by atoms with Crippen molar-refractivity contribution in [3.63, 3.8) is 0 Å². The van der Waals surface area contributed by atoms with Crippen LogP contribution < -0.4 is 15.4 Å². The fourth-order valence-electron chi connectivity index (χ4n) is 2.85. The van der Waals surface area contributed by atoms with Crippen LogP contribution in [0.1, 0.15) is 31.2 Å². The van der Waals surface area contributed by atoms with Crippen molar-refractivity contribution in [3.8, 4) is 5.75 Å². The first kappa shape index (κ1) is 13.4. The number of carbonyl (C=O) groups is 1. The minimum Gasteiger partial charge on any atom is -0.497 e. The SMILES string of the molecule is COc1ccc(CN[C@@H]2CC(=O)N[C@@H]2CC2CC2)cc1. The summed E-state index contributed by atoms with van der Waals surface area (Å²) in [4.78, 5) is 11.6. The van der Waals surface area contributed by atoms with Gasteiger partial charge >= 0.3 is 0 Å². The highest BCUT2D eigenvalue weighted by molar-refractivity contribution is 5.79. The molecule has 1 aliphatic carbocycles. The summed E-state index contributed by atoms with van der Waals surface area (Å²) >= 11 is 0. The Morgan fingerprint density at radius 1 is 1.30 bits per heavy atom. The van der Waals surface area contributed by atoms with Crippen molar-refractivity contribution in [2.45, 2.75) is 44.3 Å². The molecule has 1 amide bonds. The molecule has 4 nitrogen and oxygen atoms in total. The van der Waals surface area contributed by atoms with E-state index in [-0.39, 0.29) is 11.9 Å². The van der Waals surface area contributed by atoms with Gasteiger partial charge in [0.1, 0.15) is 5.75 Å². The second-order valence-corrected chi connectivity index (χ2v) is 5.89. The summed E-state index contributed by atoms with van der Waals surface area (Å²) in [6.45, 7) is 0.796. The molecule has 2 atom stereocenters. The Kier molecular flexibility index (Phi) is 3.92. The van der Waals surface area contributed by atoms with E-state index in [1.54, 1.807) is 7.11 Å². The molecule has 1 saturated heterocycles. The minimum absolute atomic E-state index is 0.183. The fourth-order valence-corrected chi connectivity index (χ4v) is 2.85. The van der Waals surface area contributed by atoms with Gasteiger partial charge in [0, 0.05) is 25.0 Å². The summed E-state index contributed by atoms with van der Waals surface area (Å²) in [6.07, 6.45) is 4.40. The van der Waals surface area contributed by atoms with E-state index in [0.29, 0.717) is 12.5 Å². The zero-order valence-electron chi connectivity index (χ0n) is 11.9. The van der Waals surface area contributed by atoms with Gasteiger partial charge in [-0.3, -0.25) is 4.79 Å². The van der Waals surface area contributed by atoms with E-state index in [0.717, 1.165) is 24.6 Å². The van der Waals surface area contributed by atoms with Crippen LogP contribution in [0.4, 0.5) is 0 Å². The van der Waals surface area contributed by atoms with Crippen molar-refractivity contribution < 1.29 is 9.53 Å². The van der Waals surface area contributed by atoms with Crippen molar-refractivity contribution in [2.24, 2.45) is 5.92 Å². The lowest BCUT2D eigenvalue weighted by Crippen LogP contribution is -2.40.